The lowest BCUT2D eigenvalue weighted by Gasteiger charge is -2.37. The second kappa shape index (κ2) is 11.1. The first-order valence-electron chi connectivity index (χ1n) is 10.3. The number of nitrogens with zero attached hydrogens (tertiary/aromatic N) is 3. The van der Waals surface area contributed by atoms with E-state index >= 15 is 0 Å². The van der Waals surface area contributed by atoms with Crippen molar-refractivity contribution < 1.29 is 14.3 Å². The Morgan fingerprint density at radius 2 is 1.65 bits per heavy atom. The summed E-state index contributed by atoms with van der Waals surface area (Å²) in [5.74, 6) is -0.570. The highest BCUT2D eigenvalue weighted by Crippen LogP contribution is 2.41. The van der Waals surface area contributed by atoms with E-state index in [4.69, 9.17) is 4.74 Å². The van der Waals surface area contributed by atoms with Crippen molar-refractivity contribution in [2.75, 3.05) is 46.9 Å². The van der Waals surface area contributed by atoms with E-state index in [1.165, 1.54) is 12.7 Å². The zero-order valence-electron chi connectivity index (χ0n) is 18.0. The average molecular weight is 468 g/mol. The average Bonchev–Trinajstić information content (AvgIpc) is 3.16. The molecule has 6 nitrogen and oxygen atoms in total. The Hall–Kier alpha value is -1.86. The topological polar surface area (TPSA) is 53.1 Å². The van der Waals surface area contributed by atoms with Crippen LogP contribution >= 0.6 is 24.8 Å². The zero-order chi connectivity index (χ0) is 20.4. The maximum atomic E-state index is 12.8. The van der Waals surface area contributed by atoms with Gasteiger partial charge in [-0.25, -0.2) is 4.79 Å². The number of halogens is 2. The number of allylic oxidation sites excluding steroid dienone is 1. The number of piperazine rings is 1. The minimum atomic E-state index is -0.330. The summed E-state index contributed by atoms with van der Waals surface area (Å²) in [6.07, 6.45) is 4.54. The molecular formula is C23H31Cl2N3O3. The van der Waals surface area contributed by atoms with Crippen LogP contribution < -0.4 is 0 Å². The summed E-state index contributed by atoms with van der Waals surface area (Å²) >= 11 is 0. The minimum absolute atomic E-state index is 0. The lowest BCUT2D eigenvalue weighted by molar-refractivity contribution is -0.138. The Balaban J connectivity index is 0.00000171. The smallest absolute Gasteiger partial charge is 0.335 e. The third-order valence-electron chi connectivity index (χ3n) is 6.32. The summed E-state index contributed by atoms with van der Waals surface area (Å²) in [5.41, 5.74) is 3.11. The van der Waals surface area contributed by atoms with Crippen LogP contribution in [0.1, 0.15) is 12.0 Å². The molecule has 2 heterocycles. The van der Waals surface area contributed by atoms with Crippen molar-refractivity contribution in [3.63, 3.8) is 0 Å². The molecule has 1 saturated heterocycles. The van der Waals surface area contributed by atoms with Crippen LogP contribution in [0.4, 0.5) is 0 Å². The molecule has 0 saturated carbocycles. The molecule has 1 aromatic rings. The molecule has 0 N–H and O–H groups in total. The number of esters is 1. The minimum Gasteiger partial charge on any atom is -0.466 e. The summed E-state index contributed by atoms with van der Waals surface area (Å²) in [6, 6.07) is 10.6. The first-order valence-corrected chi connectivity index (χ1v) is 10.3. The van der Waals surface area contributed by atoms with E-state index < -0.39 is 0 Å². The molecule has 1 aromatic carbocycles. The number of hydrogen-bond donors (Lipinski definition) is 0. The number of ether oxygens (including phenoxy) is 1. The van der Waals surface area contributed by atoms with Gasteiger partial charge in [0.15, 0.2) is 0 Å². The Morgan fingerprint density at radius 3 is 2.26 bits per heavy atom. The van der Waals surface area contributed by atoms with Crippen LogP contribution in [0.25, 0.3) is 0 Å². The predicted molar refractivity (Wildman–Crippen MR) is 125 cm³/mol. The normalized spacial score (nSPS) is 23.8. The van der Waals surface area contributed by atoms with Crippen molar-refractivity contribution in [1.82, 2.24) is 14.7 Å². The molecule has 31 heavy (non-hydrogen) atoms. The molecule has 1 fully saturated rings. The van der Waals surface area contributed by atoms with Crippen molar-refractivity contribution in [2.45, 2.75) is 13.0 Å². The number of benzene rings is 1. The van der Waals surface area contributed by atoms with Gasteiger partial charge in [0.25, 0.3) is 0 Å². The molecule has 4 rings (SSSR count). The zero-order valence-corrected chi connectivity index (χ0v) is 19.7. The Bertz CT molecular complexity index is 836. The molecule has 8 heteroatoms. The molecule has 3 aliphatic rings. The fraction of sp³-hybridized carbons (Fsp3) is 0.478. The third kappa shape index (κ3) is 5.50. The third-order valence-corrected chi connectivity index (χ3v) is 6.32. The van der Waals surface area contributed by atoms with E-state index in [0.29, 0.717) is 5.57 Å². The lowest BCUT2D eigenvalue weighted by Crippen LogP contribution is -2.47. The number of carbonyl (C=O) groups excluding carboxylic acids is 2. The second-order valence-electron chi connectivity index (χ2n) is 8.16. The molecule has 0 radical (unpaired) electrons. The van der Waals surface area contributed by atoms with Gasteiger partial charge in [0.2, 0.25) is 5.91 Å². The monoisotopic (exact) mass is 467 g/mol. The van der Waals surface area contributed by atoms with E-state index in [2.05, 4.69) is 46.2 Å². The van der Waals surface area contributed by atoms with Gasteiger partial charge in [-0.1, -0.05) is 36.4 Å². The standard InChI is InChI=1S/C23H29N3O3.2ClH/c1-24-16-20(23(28)29-2)19-9-8-18(21(19)22(24)27)15-26-12-10-25(11-13-26)14-17-6-4-3-5-7-17;;/h3-8,16,19,21H,9-15H2,1-2H3;2*1H/t19-,21-;;/m1../s1. The fourth-order valence-electron chi connectivity index (χ4n) is 4.71. The highest BCUT2D eigenvalue weighted by Gasteiger charge is 2.44. The summed E-state index contributed by atoms with van der Waals surface area (Å²) in [5, 5.41) is 0. The molecule has 0 unspecified atom stereocenters. The quantitative estimate of drug-likeness (QED) is 0.492. The van der Waals surface area contributed by atoms with Crippen molar-refractivity contribution in [1.29, 1.82) is 0 Å². The molecule has 170 valence electrons. The Kier molecular flexibility index (Phi) is 9.13. The SMILES string of the molecule is COC(=O)C1=CN(C)C(=O)[C@@H]2C(CN3CCN(Cc4ccccc4)CC3)=CC[C@H]12.Cl.Cl. The van der Waals surface area contributed by atoms with Crippen LogP contribution in [-0.4, -0.2) is 73.5 Å². The van der Waals surface area contributed by atoms with Crippen LogP contribution in [0.15, 0.2) is 53.8 Å². The van der Waals surface area contributed by atoms with Crippen LogP contribution in [0.2, 0.25) is 0 Å². The number of amides is 1. The van der Waals surface area contributed by atoms with Gasteiger partial charge in [0.05, 0.1) is 18.6 Å². The summed E-state index contributed by atoms with van der Waals surface area (Å²) < 4.78 is 4.94. The van der Waals surface area contributed by atoms with Gasteiger partial charge >= 0.3 is 5.97 Å². The van der Waals surface area contributed by atoms with Crippen molar-refractivity contribution in [3.8, 4) is 0 Å². The van der Waals surface area contributed by atoms with Crippen molar-refractivity contribution in [2.24, 2.45) is 11.8 Å². The van der Waals surface area contributed by atoms with E-state index in [0.717, 1.165) is 51.3 Å². The van der Waals surface area contributed by atoms with Gasteiger partial charge in [-0.3, -0.25) is 14.6 Å². The van der Waals surface area contributed by atoms with E-state index in [9.17, 15) is 9.59 Å². The number of hydrogen-bond acceptors (Lipinski definition) is 5. The lowest BCUT2D eigenvalue weighted by atomic mass is 9.82. The van der Waals surface area contributed by atoms with Gasteiger partial charge in [-0.15, -0.1) is 24.8 Å². The molecule has 0 bridgehead atoms. The maximum Gasteiger partial charge on any atom is 0.335 e. The summed E-state index contributed by atoms with van der Waals surface area (Å²) in [4.78, 5) is 31.5. The molecule has 0 aromatic heterocycles. The first-order chi connectivity index (χ1) is 14.1. The molecule has 0 spiro atoms. The Morgan fingerprint density at radius 1 is 1.03 bits per heavy atom. The van der Waals surface area contributed by atoms with Crippen molar-refractivity contribution in [3.05, 3.63) is 59.3 Å². The number of carbonyl (C=O) groups is 2. The molecule has 1 aliphatic carbocycles. The van der Waals surface area contributed by atoms with Crippen LogP contribution in [-0.2, 0) is 20.9 Å². The first kappa shape index (κ1) is 25.4. The highest BCUT2D eigenvalue weighted by molar-refractivity contribution is 5.95. The van der Waals surface area contributed by atoms with Gasteiger partial charge in [0.1, 0.15) is 0 Å². The fourth-order valence-corrected chi connectivity index (χ4v) is 4.71. The van der Waals surface area contributed by atoms with Gasteiger partial charge in [-0.05, 0) is 17.6 Å². The van der Waals surface area contributed by atoms with Crippen LogP contribution in [0.5, 0.6) is 0 Å². The number of rotatable bonds is 5. The van der Waals surface area contributed by atoms with Gasteiger partial charge in [0, 0.05) is 58.4 Å². The highest BCUT2D eigenvalue weighted by atomic mass is 35.5. The van der Waals surface area contributed by atoms with Gasteiger partial charge in [-0.2, -0.15) is 0 Å². The van der Waals surface area contributed by atoms with Gasteiger partial charge < -0.3 is 9.64 Å². The molecule has 2 aliphatic heterocycles. The molecular weight excluding hydrogens is 437 g/mol. The molecule has 2 atom stereocenters. The Labute approximate surface area is 196 Å². The van der Waals surface area contributed by atoms with E-state index in [1.807, 2.05) is 0 Å². The van der Waals surface area contributed by atoms with Crippen LogP contribution in [0.3, 0.4) is 0 Å². The van der Waals surface area contributed by atoms with Crippen molar-refractivity contribution >= 4 is 36.7 Å². The molecule has 1 amide bonds. The number of methoxy groups -OCH3 is 1. The summed E-state index contributed by atoms with van der Waals surface area (Å²) in [6.45, 7) is 5.82. The van der Waals surface area contributed by atoms with Crippen LogP contribution in [0, 0.1) is 11.8 Å². The predicted octanol–water partition coefficient (Wildman–Crippen LogP) is 2.74. The number of fused-ring (bicyclic) bond motifs is 1. The van der Waals surface area contributed by atoms with E-state index in [-0.39, 0.29) is 48.5 Å². The summed E-state index contributed by atoms with van der Waals surface area (Å²) in [7, 11) is 3.12. The largest absolute Gasteiger partial charge is 0.466 e. The van der Waals surface area contributed by atoms with E-state index in [1.54, 1.807) is 18.1 Å². The maximum absolute atomic E-state index is 12.8. The second-order valence-corrected chi connectivity index (χ2v) is 8.16.